The summed E-state index contributed by atoms with van der Waals surface area (Å²) < 4.78 is 14.6. The van der Waals surface area contributed by atoms with Gasteiger partial charge in [-0.05, 0) is 189 Å². The van der Waals surface area contributed by atoms with Crippen molar-refractivity contribution < 1.29 is 8.83 Å². The van der Waals surface area contributed by atoms with Crippen LogP contribution in [0.25, 0.3) is 110 Å². The average molecular weight is 1410 g/mol. The molecule has 1 aliphatic carbocycles. The maximum atomic E-state index is 7.43. The van der Waals surface area contributed by atoms with E-state index < -0.39 is 13.5 Å². The van der Waals surface area contributed by atoms with Gasteiger partial charge in [0.25, 0.3) is 0 Å². The molecule has 0 saturated heterocycles. The maximum Gasteiger partial charge on any atom is 0.179 e. The molecule has 109 heavy (non-hydrogen) atoms. The third-order valence-electron chi connectivity index (χ3n) is 23.0. The molecule has 2 aromatic heterocycles. The SMILES string of the molecule is Cc1cccc(-c2ccc3oc4c(N(c5ccc6c(c5)C(c5ccccc5)(c5ccccc5)c5cc(N(c7ccc8ccccc8c7)c7cccc8c7oc7ccc(-c9cccc([Si](c%10ccccc%10)(c%10ccccc%10)c%10ccccc%10)c9)cc78)c7ccccc7c5-6)c5ccc6ccccc6c5)cccc4c3c2)c1. The molecule has 512 valence electrons. The first kappa shape index (κ1) is 63.6. The van der Waals surface area contributed by atoms with Crippen molar-refractivity contribution in [1.82, 2.24) is 0 Å². The van der Waals surface area contributed by atoms with Gasteiger partial charge in [-0.25, -0.2) is 0 Å². The van der Waals surface area contributed by atoms with Crippen LogP contribution < -0.4 is 30.5 Å². The number of rotatable bonds is 14. The van der Waals surface area contributed by atoms with Crippen LogP contribution in [-0.2, 0) is 5.41 Å². The highest BCUT2D eigenvalue weighted by Gasteiger charge is 2.48. The van der Waals surface area contributed by atoms with Gasteiger partial charge < -0.3 is 18.6 Å². The van der Waals surface area contributed by atoms with Gasteiger partial charge in [-0.15, -0.1) is 0 Å². The molecule has 0 unspecified atom stereocenters. The molecule has 4 nitrogen and oxygen atoms in total. The topological polar surface area (TPSA) is 32.8 Å². The first-order valence-electron chi connectivity index (χ1n) is 37.6. The quantitative estimate of drug-likeness (QED) is 0.0802. The summed E-state index contributed by atoms with van der Waals surface area (Å²) in [5.74, 6) is 0. The van der Waals surface area contributed by atoms with Gasteiger partial charge in [0.15, 0.2) is 19.2 Å². The van der Waals surface area contributed by atoms with E-state index in [1.807, 2.05) is 0 Å². The molecule has 18 aromatic carbocycles. The summed E-state index contributed by atoms with van der Waals surface area (Å²) in [4.78, 5) is 4.91. The van der Waals surface area contributed by atoms with Crippen LogP contribution >= 0.6 is 0 Å². The van der Waals surface area contributed by atoms with Gasteiger partial charge in [-0.1, -0.05) is 333 Å². The van der Waals surface area contributed by atoms with Gasteiger partial charge in [0, 0.05) is 44.0 Å². The molecule has 0 amide bonds. The van der Waals surface area contributed by atoms with E-state index in [2.05, 4.69) is 423 Å². The fourth-order valence-electron chi connectivity index (χ4n) is 18.2. The summed E-state index contributed by atoms with van der Waals surface area (Å²) in [5.41, 5.74) is 21.2. The molecular weight excluding hydrogens is 1340 g/mol. The second-order valence-electron chi connectivity index (χ2n) is 29.0. The van der Waals surface area contributed by atoms with E-state index in [9.17, 15) is 0 Å². The zero-order valence-electron chi connectivity index (χ0n) is 59.9. The highest BCUT2D eigenvalue weighted by atomic mass is 28.3. The number of aryl methyl sites for hydroxylation is 1. The van der Waals surface area contributed by atoms with Crippen molar-refractivity contribution in [3.8, 4) is 33.4 Å². The number of anilines is 6. The molecule has 0 spiro atoms. The van der Waals surface area contributed by atoms with E-state index in [1.54, 1.807) is 0 Å². The Bertz CT molecular complexity index is 6810. The number of hydrogen-bond acceptors (Lipinski definition) is 4. The van der Waals surface area contributed by atoms with Crippen molar-refractivity contribution in [1.29, 1.82) is 0 Å². The second-order valence-corrected chi connectivity index (χ2v) is 32.9. The minimum Gasteiger partial charge on any atom is -0.454 e. The molecule has 5 heteroatoms. The van der Waals surface area contributed by atoms with Crippen molar-refractivity contribution in [2.24, 2.45) is 0 Å². The number of furan rings is 2. The highest BCUT2D eigenvalue weighted by Crippen LogP contribution is 2.61. The summed E-state index contributed by atoms with van der Waals surface area (Å²) in [6.45, 7) is 2.15. The summed E-state index contributed by atoms with van der Waals surface area (Å²) in [6, 6.07) is 151. The summed E-state index contributed by atoms with van der Waals surface area (Å²) in [6.07, 6.45) is 0. The van der Waals surface area contributed by atoms with Gasteiger partial charge in [0.1, 0.15) is 11.2 Å². The van der Waals surface area contributed by atoms with Gasteiger partial charge >= 0.3 is 0 Å². The van der Waals surface area contributed by atoms with Gasteiger partial charge in [-0.2, -0.15) is 0 Å². The summed E-state index contributed by atoms with van der Waals surface area (Å²) >= 11 is 0. The Balaban J connectivity index is 0.778. The van der Waals surface area contributed by atoms with Crippen LogP contribution in [0.1, 0.15) is 27.8 Å². The lowest BCUT2D eigenvalue weighted by Gasteiger charge is -2.36. The third-order valence-corrected chi connectivity index (χ3v) is 27.8. The summed E-state index contributed by atoms with van der Waals surface area (Å²) in [5, 5.41) is 16.4. The van der Waals surface area contributed by atoms with Crippen molar-refractivity contribution in [3.63, 3.8) is 0 Å². The molecule has 0 fully saturated rings. The third kappa shape index (κ3) is 10.2. The standard InChI is InChI=1S/C104H70N2O2Si/c1-69-27-23-32-72(61-69)76-53-59-99-92(65-76)89-47-25-49-96(102(89)107-99)105(80-55-51-70-28-17-19-30-73(70)62-80)82-57-58-91-94(67-82)104(78-34-7-2-8-35-78,79-36-9-3-10-37-79)95-68-98(87-45-21-22-46-88(87)101(91)95)106(81-56-52-71-29-18-20-31-74(71)63-81)97-50-26-48-90-93-66-77(54-60-100(93)108-103(90)97)75-33-24-44-86(64-75)109(83-38-11-4-12-39-83,84-40-13-5-14-41-84)85-42-15-6-16-43-85/h2-68H,1H3. The van der Waals surface area contributed by atoms with E-state index in [0.717, 1.165) is 127 Å². The van der Waals surface area contributed by atoms with E-state index in [-0.39, 0.29) is 0 Å². The molecule has 1 aliphatic rings. The van der Waals surface area contributed by atoms with Crippen LogP contribution in [0, 0.1) is 6.92 Å². The van der Waals surface area contributed by atoms with Crippen LogP contribution in [0.5, 0.6) is 0 Å². The van der Waals surface area contributed by atoms with Crippen LogP contribution in [0.4, 0.5) is 34.1 Å². The van der Waals surface area contributed by atoms with Crippen LogP contribution in [-0.4, -0.2) is 8.07 Å². The predicted molar refractivity (Wildman–Crippen MR) is 459 cm³/mol. The van der Waals surface area contributed by atoms with Crippen LogP contribution in [0.2, 0.25) is 0 Å². The Hall–Kier alpha value is -13.8. The lowest BCUT2D eigenvalue weighted by molar-refractivity contribution is 0.669. The fraction of sp³-hybridized carbons (Fsp3) is 0.0192. The molecule has 0 atom stereocenters. The minimum absolute atomic E-state index is 0.801. The molecule has 0 aliphatic heterocycles. The molecule has 0 saturated carbocycles. The molecular formula is C104H70N2O2Si. The zero-order valence-corrected chi connectivity index (χ0v) is 60.9. The number of hydrogen-bond donors (Lipinski definition) is 0. The van der Waals surface area contributed by atoms with Crippen molar-refractivity contribution in [2.45, 2.75) is 12.3 Å². The largest absolute Gasteiger partial charge is 0.454 e. The van der Waals surface area contributed by atoms with Gasteiger partial charge in [-0.3, -0.25) is 0 Å². The molecule has 2 heterocycles. The predicted octanol–water partition coefficient (Wildman–Crippen LogP) is 25.3. The van der Waals surface area contributed by atoms with Crippen molar-refractivity contribution >= 4 is 139 Å². The monoisotopic (exact) mass is 1410 g/mol. The number of nitrogens with zero attached hydrogens (tertiary/aromatic N) is 2. The summed E-state index contributed by atoms with van der Waals surface area (Å²) in [7, 11) is -2.84. The minimum atomic E-state index is -2.84. The van der Waals surface area contributed by atoms with Crippen LogP contribution in [0.15, 0.2) is 415 Å². The normalized spacial score (nSPS) is 12.5. The Morgan fingerprint density at radius 2 is 0.679 bits per heavy atom. The van der Waals surface area contributed by atoms with E-state index in [0.29, 0.717) is 0 Å². The molecule has 0 bridgehead atoms. The zero-order chi connectivity index (χ0) is 72.2. The van der Waals surface area contributed by atoms with E-state index in [4.69, 9.17) is 8.83 Å². The Labute approximate surface area is 633 Å². The molecule has 21 rings (SSSR count). The molecule has 0 radical (unpaired) electrons. The van der Waals surface area contributed by atoms with Crippen LogP contribution in [0.3, 0.4) is 0 Å². The van der Waals surface area contributed by atoms with Crippen molar-refractivity contribution in [2.75, 3.05) is 9.80 Å². The smallest absolute Gasteiger partial charge is 0.179 e. The average Bonchev–Trinajstić information content (AvgIpc) is 1.53. The Morgan fingerprint density at radius 1 is 0.257 bits per heavy atom. The van der Waals surface area contributed by atoms with Gasteiger partial charge in [0.05, 0.1) is 22.5 Å². The van der Waals surface area contributed by atoms with Gasteiger partial charge in [0.2, 0.25) is 0 Å². The Kier molecular flexibility index (Phi) is 15.0. The maximum absolute atomic E-state index is 7.43. The number of fused-ring (bicyclic) bond motifs is 13. The van der Waals surface area contributed by atoms with E-state index >= 15 is 0 Å². The van der Waals surface area contributed by atoms with Crippen molar-refractivity contribution in [3.05, 3.63) is 434 Å². The van der Waals surface area contributed by atoms with E-state index in [1.165, 1.54) is 64.9 Å². The second kappa shape index (κ2) is 25.7. The Morgan fingerprint density at radius 3 is 1.23 bits per heavy atom. The number of para-hydroxylation sites is 2. The highest BCUT2D eigenvalue weighted by molar-refractivity contribution is 7.20. The lowest BCUT2D eigenvalue weighted by Crippen LogP contribution is -2.74. The number of benzene rings is 18. The molecule has 0 N–H and O–H groups in total. The molecule has 20 aromatic rings. The first-order chi connectivity index (χ1) is 53.9. The lowest BCUT2D eigenvalue weighted by atomic mass is 9.67. The fourth-order valence-corrected chi connectivity index (χ4v) is 23.0. The first-order valence-corrected chi connectivity index (χ1v) is 39.6.